The van der Waals surface area contributed by atoms with Crippen LogP contribution >= 0.6 is 0 Å². The van der Waals surface area contributed by atoms with E-state index in [0.29, 0.717) is 0 Å². The third-order valence-electron chi connectivity index (χ3n) is 6.95. The van der Waals surface area contributed by atoms with Gasteiger partial charge in [0.2, 0.25) is 0 Å². The van der Waals surface area contributed by atoms with Crippen molar-refractivity contribution in [2.75, 3.05) is 79.1 Å². The Morgan fingerprint density at radius 1 is 0.933 bits per heavy atom. The molecule has 0 amide bonds. The summed E-state index contributed by atoms with van der Waals surface area (Å²) in [5.74, 6) is 0.969. The molecule has 0 aromatic heterocycles. The molecule has 3 aliphatic heterocycles. The zero-order chi connectivity index (χ0) is 20.8. The number of rotatable bonds is 8. The minimum Gasteiger partial charge on any atom is -0.492 e. The smallest absolute Gasteiger partial charge is 0.119 e. The Kier molecular flexibility index (Phi) is 7.65. The number of hydrogen-bond acceptors (Lipinski definition) is 6. The first-order valence-electron chi connectivity index (χ1n) is 11.9. The van der Waals surface area contributed by atoms with E-state index >= 15 is 0 Å². The molecule has 0 bridgehead atoms. The van der Waals surface area contributed by atoms with Crippen LogP contribution in [0, 0.1) is 0 Å². The number of nitrogens with zero attached hydrogens (tertiary/aromatic N) is 4. The topological polar surface area (TPSA) is 42.4 Å². The highest BCUT2D eigenvalue weighted by molar-refractivity contribution is 5.28. The lowest BCUT2D eigenvalue weighted by Gasteiger charge is -2.36. The van der Waals surface area contributed by atoms with Crippen molar-refractivity contribution < 1.29 is 9.84 Å². The van der Waals surface area contributed by atoms with Crippen LogP contribution in [0.2, 0.25) is 0 Å². The van der Waals surface area contributed by atoms with E-state index in [1.165, 1.54) is 37.9 Å². The normalized spacial score (nSPS) is 27.5. The second kappa shape index (κ2) is 10.4. The van der Waals surface area contributed by atoms with Gasteiger partial charge in [0.25, 0.3) is 0 Å². The zero-order valence-corrected chi connectivity index (χ0v) is 18.8. The molecule has 0 aliphatic carbocycles. The molecule has 1 atom stereocenters. The number of ether oxygens (including phenoxy) is 1. The number of piperidine rings is 1. The molecule has 3 aliphatic rings. The number of likely N-dealkylation sites (N-methyl/N-ethyl adjacent to an activating group) is 1. The molecule has 3 fully saturated rings. The fourth-order valence-electron chi connectivity index (χ4n) is 5.09. The second-order valence-electron chi connectivity index (χ2n) is 9.66. The predicted octanol–water partition coefficient (Wildman–Crippen LogP) is 1.74. The summed E-state index contributed by atoms with van der Waals surface area (Å²) in [7, 11) is 2.18. The molecule has 1 N–H and O–H groups in total. The first-order chi connectivity index (χ1) is 14.6. The van der Waals surface area contributed by atoms with Crippen LogP contribution in [0.25, 0.3) is 0 Å². The van der Waals surface area contributed by atoms with Crippen LogP contribution in [0.3, 0.4) is 0 Å². The minimum atomic E-state index is -0.571. The van der Waals surface area contributed by atoms with E-state index in [2.05, 4.69) is 50.9 Å². The van der Waals surface area contributed by atoms with Gasteiger partial charge in [-0.15, -0.1) is 0 Å². The summed E-state index contributed by atoms with van der Waals surface area (Å²) >= 11 is 0. The van der Waals surface area contributed by atoms with Crippen LogP contribution in [0.1, 0.15) is 31.2 Å². The van der Waals surface area contributed by atoms with E-state index < -0.39 is 5.60 Å². The highest BCUT2D eigenvalue weighted by Gasteiger charge is 2.37. The lowest BCUT2D eigenvalue weighted by atomic mass is 10.0. The summed E-state index contributed by atoms with van der Waals surface area (Å²) in [5, 5.41) is 11.1. The fourth-order valence-corrected chi connectivity index (χ4v) is 5.09. The van der Waals surface area contributed by atoms with Crippen LogP contribution in [0.15, 0.2) is 24.3 Å². The average molecular weight is 417 g/mol. The Hall–Kier alpha value is -1.18. The van der Waals surface area contributed by atoms with E-state index in [9.17, 15) is 5.11 Å². The van der Waals surface area contributed by atoms with E-state index in [1.54, 1.807) is 0 Å². The monoisotopic (exact) mass is 416 g/mol. The largest absolute Gasteiger partial charge is 0.492 e. The van der Waals surface area contributed by atoms with Gasteiger partial charge in [0, 0.05) is 58.9 Å². The Bertz CT molecular complexity index is 658. The van der Waals surface area contributed by atoms with Crippen molar-refractivity contribution in [1.82, 2.24) is 19.6 Å². The van der Waals surface area contributed by atoms with Gasteiger partial charge < -0.3 is 14.7 Å². The molecule has 0 radical (unpaired) electrons. The molecule has 3 heterocycles. The number of piperazine rings is 1. The lowest BCUT2D eigenvalue weighted by Crippen LogP contribution is -2.51. The van der Waals surface area contributed by atoms with Gasteiger partial charge >= 0.3 is 0 Å². The Balaban J connectivity index is 1.22. The summed E-state index contributed by atoms with van der Waals surface area (Å²) in [6.07, 6.45) is 4.89. The van der Waals surface area contributed by atoms with Crippen molar-refractivity contribution in [2.45, 2.75) is 37.8 Å². The van der Waals surface area contributed by atoms with Gasteiger partial charge in [0.1, 0.15) is 12.4 Å². The molecular formula is C24H40N4O2. The average Bonchev–Trinajstić information content (AvgIpc) is 3.11. The molecule has 1 unspecified atom stereocenters. The highest BCUT2D eigenvalue weighted by Crippen LogP contribution is 2.25. The second-order valence-corrected chi connectivity index (χ2v) is 9.66. The molecule has 30 heavy (non-hydrogen) atoms. The van der Waals surface area contributed by atoms with Crippen molar-refractivity contribution in [3.8, 4) is 5.75 Å². The number of β-amino-alcohol motifs (C(OH)–C–C–N with tert-alkyl or cyclic N) is 1. The van der Waals surface area contributed by atoms with Gasteiger partial charge in [0.05, 0.1) is 5.60 Å². The van der Waals surface area contributed by atoms with Crippen LogP contribution in [0.4, 0.5) is 0 Å². The van der Waals surface area contributed by atoms with E-state index in [-0.39, 0.29) is 0 Å². The molecule has 1 aromatic rings. The molecule has 6 heteroatoms. The maximum absolute atomic E-state index is 11.1. The summed E-state index contributed by atoms with van der Waals surface area (Å²) in [6, 6.07) is 8.51. The van der Waals surface area contributed by atoms with Gasteiger partial charge in [-0.05, 0) is 57.1 Å². The van der Waals surface area contributed by atoms with Gasteiger partial charge in [-0.2, -0.15) is 0 Å². The molecule has 0 spiro atoms. The van der Waals surface area contributed by atoms with Crippen LogP contribution in [0.5, 0.6) is 5.75 Å². The maximum atomic E-state index is 11.1. The van der Waals surface area contributed by atoms with Crippen LogP contribution in [-0.4, -0.2) is 109 Å². The third kappa shape index (κ3) is 6.41. The van der Waals surface area contributed by atoms with Crippen molar-refractivity contribution in [3.05, 3.63) is 29.8 Å². The Morgan fingerprint density at radius 2 is 1.73 bits per heavy atom. The molecule has 168 valence electrons. The summed E-state index contributed by atoms with van der Waals surface area (Å²) < 4.78 is 6.04. The minimum absolute atomic E-state index is 0.571. The first kappa shape index (κ1) is 22.0. The van der Waals surface area contributed by atoms with Crippen molar-refractivity contribution in [2.24, 2.45) is 0 Å². The van der Waals surface area contributed by atoms with Gasteiger partial charge in [-0.3, -0.25) is 14.7 Å². The molecule has 4 rings (SSSR count). The van der Waals surface area contributed by atoms with Gasteiger partial charge in [-0.1, -0.05) is 18.6 Å². The predicted molar refractivity (Wildman–Crippen MR) is 121 cm³/mol. The van der Waals surface area contributed by atoms with Crippen molar-refractivity contribution in [3.63, 3.8) is 0 Å². The number of aliphatic hydroxyl groups is 1. The maximum Gasteiger partial charge on any atom is 0.119 e. The van der Waals surface area contributed by atoms with Gasteiger partial charge in [0.15, 0.2) is 0 Å². The lowest BCUT2D eigenvalue weighted by molar-refractivity contribution is -0.000369. The molecule has 6 nitrogen and oxygen atoms in total. The van der Waals surface area contributed by atoms with Crippen molar-refractivity contribution in [1.29, 1.82) is 0 Å². The molecule has 3 saturated heterocycles. The van der Waals surface area contributed by atoms with Gasteiger partial charge in [-0.25, -0.2) is 0 Å². The quantitative estimate of drug-likeness (QED) is 0.696. The standard InChI is InChI=1S/C24H40N4O2/c1-25-12-14-27(15-13-25)20-24(29)8-11-28(21-24)19-22-6-5-7-23(18-22)30-17-16-26-9-3-2-4-10-26/h5-7,18,29H,2-4,8-17,19-21H2,1H3. The third-order valence-corrected chi connectivity index (χ3v) is 6.95. The van der Waals surface area contributed by atoms with Crippen LogP contribution in [-0.2, 0) is 6.54 Å². The molecule has 0 saturated carbocycles. The Labute approximate surface area is 182 Å². The van der Waals surface area contributed by atoms with Crippen molar-refractivity contribution >= 4 is 0 Å². The summed E-state index contributed by atoms with van der Waals surface area (Å²) in [5.41, 5.74) is 0.702. The zero-order valence-electron chi connectivity index (χ0n) is 18.8. The Morgan fingerprint density at radius 3 is 2.53 bits per heavy atom. The number of hydrogen-bond donors (Lipinski definition) is 1. The SMILES string of the molecule is CN1CCN(CC2(O)CCN(Cc3cccc(OCCN4CCCCC4)c3)C2)CC1. The first-order valence-corrected chi connectivity index (χ1v) is 11.9. The van der Waals surface area contributed by atoms with E-state index in [4.69, 9.17) is 4.74 Å². The molecule has 1 aromatic carbocycles. The summed E-state index contributed by atoms with van der Waals surface area (Å²) in [4.78, 5) is 9.70. The number of likely N-dealkylation sites (tertiary alicyclic amines) is 2. The van der Waals surface area contributed by atoms with E-state index in [0.717, 1.165) is 77.7 Å². The molecular weight excluding hydrogens is 376 g/mol. The fraction of sp³-hybridized carbons (Fsp3) is 0.750. The van der Waals surface area contributed by atoms with E-state index in [1.807, 2.05) is 0 Å². The highest BCUT2D eigenvalue weighted by atomic mass is 16.5. The summed E-state index contributed by atoms with van der Waals surface area (Å²) in [6.45, 7) is 12.0. The van der Waals surface area contributed by atoms with Crippen LogP contribution < -0.4 is 4.74 Å². The number of benzene rings is 1.